The van der Waals surface area contributed by atoms with Crippen molar-refractivity contribution in [2.24, 2.45) is 0 Å². The van der Waals surface area contributed by atoms with Gasteiger partial charge in [-0.1, -0.05) is 0 Å². The zero-order valence-electron chi connectivity index (χ0n) is 2.45. The lowest BCUT2D eigenvalue weighted by Crippen LogP contribution is 0.647. The van der Waals surface area contributed by atoms with Crippen molar-refractivity contribution in [3.63, 3.8) is 0 Å². The van der Waals surface area contributed by atoms with E-state index in [0.717, 1.165) is 0 Å². The molecule has 0 atom stereocenters. The van der Waals surface area contributed by atoms with E-state index in [4.69, 9.17) is 0 Å². The highest BCUT2D eigenvalue weighted by molar-refractivity contribution is 7.60. The van der Waals surface area contributed by atoms with Crippen LogP contribution in [0.5, 0.6) is 0 Å². The molecule has 0 fully saturated rings. The Kier molecular flexibility index (Phi) is 924. The Labute approximate surface area is 80.5 Å². The molecule has 0 saturated heterocycles. The van der Waals surface area contributed by atoms with Crippen LogP contribution in [0.25, 0.3) is 0 Å². The van der Waals surface area contributed by atoms with Gasteiger partial charge in [0.1, 0.15) is 0 Å². The van der Waals surface area contributed by atoms with Crippen LogP contribution in [-0.4, -0.2) is 0 Å². The van der Waals surface area contributed by atoms with E-state index in [2.05, 4.69) is 0 Å². The predicted octanol–water partition coefficient (Wildman–Crippen LogP) is 3.89. The maximum absolute atomic E-state index is 0. The minimum atomic E-state index is 0. The Bertz CT molecular complexity index is 0. The van der Waals surface area contributed by atoms with Crippen LogP contribution in [-0.2, 0) is 0 Å². The Hall–Kier alpha value is 2.10. The lowest BCUT2D eigenvalue weighted by Gasteiger charge is -0.00100. The molecule has 36 valence electrons. The fourth-order valence-corrected chi connectivity index (χ4v) is 0. The molecule has 0 unspecified atom stereocenters. The first kappa shape index (κ1) is 92.6. The van der Waals surface area contributed by atoms with Crippen molar-refractivity contribution < 1.29 is 0 Å². The fraction of sp³-hybridized carbons (Fsp3) is 0. The van der Waals surface area contributed by atoms with Crippen molar-refractivity contribution in [2.75, 3.05) is 0 Å². The summed E-state index contributed by atoms with van der Waals surface area (Å²) in [7, 11) is 0. The molecule has 0 spiro atoms. The van der Waals surface area contributed by atoms with Gasteiger partial charge in [-0.3, -0.25) is 0 Å². The van der Waals surface area contributed by atoms with Crippen LogP contribution in [0.3, 0.4) is 0 Å². The molecule has 0 rings (SSSR count). The topological polar surface area (TPSA) is 0 Å². The Morgan fingerprint density at radius 3 is 0.167 bits per heavy atom. The normalized spacial score (nSPS) is 0. The molecule has 0 bridgehead atoms. The third-order valence-electron chi connectivity index (χ3n) is 0. The van der Waals surface area contributed by atoms with Crippen LogP contribution in [0, 0.1) is 0 Å². The monoisotopic (exact) mass is 192 g/mol. The molecule has 0 nitrogen and oxygen atoms in total. The zero-order valence-corrected chi connectivity index (χ0v) is 7.35. The number of rotatable bonds is 0. The van der Waals surface area contributed by atoms with Gasteiger partial charge in [-0.15, -0.1) is 0 Å². The molecule has 0 aromatic heterocycles. The highest BCUT2D eigenvalue weighted by Crippen LogP contribution is 0.653. The van der Waals surface area contributed by atoms with Crippen molar-refractivity contribution >= 4 is 81.0 Å². The lowest BCUT2D eigenvalue weighted by molar-refractivity contribution is 7.59. The van der Waals surface area contributed by atoms with Gasteiger partial charge in [0.2, 0.25) is 0 Å². The van der Waals surface area contributed by atoms with Gasteiger partial charge >= 0.3 is 0 Å². The van der Waals surface area contributed by atoms with E-state index in [1.54, 1.807) is 0 Å². The first-order valence-electron chi connectivity index (χ1n) is 0. The number of hydrogen-bond acceptors (Lipinski definition) is 0. The molecular formula is S6. The molecule has 0 aliphatic rings. The second-order valence-electron chi connectivity index (χ2n) is 0. The van der Waals surface area contributed by atoms with Crippen molar-refractivity contribution in [1.82, 2.24) is 0 Å². The van der Waals surface area contributed by atoms with E-state index >= 15 is 0 Å². The second kappa shape index (κ2) is 59.9. The smallest absolute Gasteiger partial charge is 0 e. The first-order chi connectivity index (χ1) is 0. The lowest BCUT2D eigenvalue weighted by atomic mass is 32.1. The van der Waals surface area contributed by atoms with Crippen LogP contribution in [0.15, 0.2) is 0 Å². The van der Waals surface area contributed by atoms with Gasteiger partial charge in [0, 0.05) is 81.0 Å². The van der Waals surface area contributed by atoms with E-state index < -0.39 is 0 Å². The van der Waals surface area contributed by atoms with Gasteiger partial charge in [-0.25, -0.2) is 0 Å². The maximum Gasteiger partial charge on any atom is 0 e. The van der Waals surface area contributed by atoms with E-state index in [1.807, 2.05) is 0 Å². The van der Waals surface area contributed by atoms with Gasteiger partial charge in [0.15, 0.2) is 0 Å². The van der Waals surface area contributed by atoms with Crippen LogP contribution in [0.2, 0.25) is 0 Å². The minimum absolute atomic E-state index is 0. The van der Waals surface area contributed by atoms with E-state index in [1.165, 1.54) is 0 Å². The van der Waals surface area contributed by atoms with Crippen LogP contribution >= 0.6 is 81.0 Å². The summed E-state index contributed by atoms with van der Waals surface area (Å²) in [6, 6.07) is 0. The molecule has 12 radical (unpaired) electrons. The second-order valence-corrected chi connectivity index (χ2v) is 0. The largest absolute Gasteiger partial charge is 0 e. The summed E-state index contributed by atoms with van der Waals surface area (Å²) in [4.78, 5) is 0. The summed E-state index contributed by atoms with van der Waals surface area (Å²) in [6.45, 7) is 0. The molecule has 6 heteroatoms. The fourth-order valence-electron chi connectivity index (χ4n) is 0. The van der Waals surface area contributed by atoms with Crippen LogP contribution in [0.4, 0.5) is 0 Å². The molecule has 0 saturated carbocycles. The summed E-state index contributed by atoms with van der Waals surface area (Å²) >= 11 is 0. The quantitative estimate of drug-likeness (QED) is 0.546. The van der Waals surface area contributed by atoms with E-state index in [9.17, 15) is 0 Å². The molecule has 0 N–H and O–H groups in total. The third kappa shape index (κ3) is 36.0. The van der Waals surface area contributed by atoms with Crippen LogP contribution < -0.4 is 0 Å². The highest BCUT2D eigenvalue weighted by Gasteiger charge is 0.00500. The van der Waals surface area contributed by atoms with Crippen molar-refractivity contribution in [3.05, 3.63) is 0 Å². The molecule has 0 amide bonds. The summed E-state index contributed by atoms with van der Waals surface area (Å²) < 4.78 is 0. The highest BCUT2D eigenvalue weighted by atomic mass is 32.1. The molecule has 0 aliphatic heterocycles. The summed E-state index contributed by atoms with van der Waals surface area (Å²) in [5, 5.41) is 0. The summed E-state index contributed by atoms with van der Waals surface area (Å²) in [6.07, 6.45) is 0. The average Bonchev–Trinajstić information content (AvgIpc) is 0. The third-order valence-corrected chi connectivity index (χ3v) is 0. The van der Waals surface area contributed by atoms with Crippen molar-refractivity contribution in [1.29, 1.82) is 0 Å². The number of hydrogen-bond donors (Lipinski definition) is 0. The van der Waals surface area contributed by atoms with Gasteiger partial charge in [0.05, 0.1) is 0 Å². The summed E-state index contributed by atoms with van der Waals surface area (Å²) in [5.41, 5.74) is 0. The Morgan fingerprint density at radius 2 is 0.167 bits per heavy atom. The molecule has 0 aromatic carbocycles. The molecule has 0 heterocycles. The first-order valence-corrected chi connectivity index (χ1v) is 0. The minimum Gasteiger partial charge on any atom is 0 e. The molecule has 0 aliphatic carbocycles. The van der Waals surface area contributed by atoms with Gasteiger partial charge in [0.25, 0.3) is 0 Å². The van der Waals surface area contributed by atoms with Gasteiger partial charge < -0.3 is 0 Å². The average molecular weight is 192 g/mol. The van der Waals surface area contributed by atoms with Crippen molar-refractivity contribution in [2.45, 2.75) is 0 Å². The molecule has 0 aromatic rings. The van der Waals surface area contributed by atoms with Gasteiger partial charge in [-0.05, 0) is 0 Å². The van der Waals surface area contributed by atoms with E-state index in [-0.39, 0.29) is 81.0 Å². The Morgan fingerprint density at radius 1 is 0.167 bits per heavy atom. The van der Waals surface area contributed by atoms with Gasteiger partial charge in [-0.2, -0.15) is 0 Å². The SMILES string of the molecule is [S].[S].[S].[S].[S].[S]. The molecular weight excluding hydrogens is 192 g/mol. The predicted molar refractivity (Wildman–Crippen MR) is 45.5 cm³/mol. The zero-order chi connectivity index (χ0) is 0. The van der Waals surface area contributed by atoms with Crippen LogP contribution in [0.1, 0.15) is 0 Å². The standard InChI is InChI=1S/6S. The van der Waals surface area contributed by atoms with E-state index in [0.29, 0.717) is 0 Å². The summed E-state index contributed by atoms with van der Waals surface area (Å²) in [5.74, 6) is 0. The van der Waals surface area contributed by atoms with Crippen molar-refractivity contribution in [3.8, 4) is 0 Å². The Balaban J connectivity index is 0. The molecule has 6 heavy (non-hydrogen) atoms. The maximum atomic E-state index is 0.